The van der Waals surface area contributed by atoms with Crippen molar-refractivity contribution in [1.82, 2.24) is 29.8 Å². The van der Waals surface area contributed by atoms with Crippen molar-refractivity contribution in [3.63, 3.8) is 0 Å². The summed E-state index contributed by atoms with van der Waals surface area (Å²) >= 11 is 1.57. The quantitative estimate of drug-likeness (QED) is 0.436. The molecule has 8 heteroatoms. The summed E-state index contributed by atoms with van der Waals surface area (Å²) < 4.78 is 0. The van der Waals surface area contributed by atoms with Gasteiger partial charge in [-0.1, -0.05) is 17.8 Å². The predicted molar refractivity (Wildman–Crippen MR) is 125 cm³/mol. The van der Waals surface area contributed by atoms with Gasteiger partial charge in [0.1, 0.15) is 0 Å². The number of rotatable bonds is 7. The minimum Gasteiger partial charge on any atom is -0.352 e. The summed E-state index contributed by atoms with van der Waals surface area (Å²) in [5, 5.41) is 4.17. The highest BCUT2D eigenvalue weighted by molar-refractivity contribution is 7.98. The van der Waals surface area contributed by atoms with Crippen LogP contribution in [-0.2, 0) is 6.54 Å². The molecule has 1 N–H and O–H groups in total. The lowest BCUT2D eigenvalue weighted by Crippen LogP contribution is -2.33. The number of pyridine rings is 1. The van der Waals surface area contributed by atoms with Gasteiger partial charge in [0.05, 0.1) is 5.69 Å². The van der Waals surface area contributed by atoms with Gasteiger partial charge in [0.25, 0.3) is 0 Å². The van der Waals surface area contributed by atoms with Crippen LogP contribution in [0.5, 0.6) is 0 Å². The third-order valence-electron chi connectivity index (χ3n) is 5.45. The molecule has 0 saturated carbocycles. The molecule has 31 heavy (non-hydrogen) atoms. The smallest absolute Gasteiger partial charge is 0.223 e. The lowest BCUT2D eigenvalue weighted by Gasteiger charge is -2.32. The average molecular weight is 436 g/mol. The number of likely N-dealkylation sites (tertiary alicyclic amines) is 1. The fraction of sp³-hybridized carbons (Fsp3) is 0.435. The van der Waals surface area contributed by atoms with Gasteiger partial charge in [-0.25, -0.2) is 19.9 Å². The van der Waals surface area contributed by atoms with Crippen molar-refractivity contribution in [3.05, 3.63) is 54.4 Å². The molecule has 1 aliphatic heterocycles. The average Bonchev–Trinajstić information content (AvgIpc) is 2.80. The fourth-order valence-corrected chi connectivity index (χ4v) is 4.25. The van der Waals surface area contributed by atoms with E-state index in [0.29, 0.717) is 17.9 Å². The molecule has 3 aromatic heterocycles. The zero-order valence-electron chi connectivity index (χ0n) is 18.3. The second-order valence-corrected chi connectivity index (χ2v) is 8.94. The molecule has 162 valence electrons. The van der Waals surface area contributed by atoms with Crippen LogP contribution >= 0.6 is 11.8 Å². The van der Waals surface area contributed by atoms with E-state index in [1.165, 1.54) is 0 Å². The molecule has 0 aliphatic carbocycles. The van der Waals surface area contributed by atoms with Gasteiger partial charge < -0.3 is 5.32 Å². The Hall–Kier alpha value is -2.58. The van der Waals surface area contributed by atoms with E-state index in [4.69, 9.17) is 4.98 Å². The molecule has 4 heterocycles. The van der Waals surface area contributed by atoms with Gasteiger partial charge in [-0.2, -0.15) is 0 Å². The van der Waals surface area contributed by atoms with Crippen LogP contribution in [0.15, 0.2) is 48.3 Å². The molecule has 0 radical (unpaired) electrons. The Bertz CT molecular complexity index is 971. The van der Waals surface area contributed by atoms with Crippen molar-refractivity contribution in [2.75, 3.05) is 24.7 Å². The van der Waals surface area contributed by atoms with E-state index in [-0.39, 0.29) is 0 Å². The molecule has 7 nitrogen and oxygen atoms in total. The summed E-state index contributed by atoms with van der Waals surface area (Å²) in [7, 11) is 0. The summed E-state index contributed by atoms with van der Waals surface area (Å²) in [5.74, 6) is 1.10. The Balaban J connectivity index is 1.49. The van der Waals surface area contributed by atoms with Crippen LogP contribution in [0, 0.1) is 0 Å². The SMILES string of the molecule is CSc1ncc(CN2CCC(c3nc(NC(C)C)ncc3-c3cccnc3)CC2)cn1. The Labute approximate surface area is 188 Å². The van der Waals surface area contributed by atoms with E-state index in [1.807, 2.05) is 37.1 Å². The Kier molecular flexibility index (Phi) is 7.09. The van der Waals surface area contributed by atoms with Gasteiger partial charge in [0.2, 0.25) is 5.95 Å². The van der Waals surface area contributed by atoms with Crippen LogP contribution in [0.1, 0.15) is 43.9 Å². The van der Waals surface area contributed by atoms with Crippen molar-refractivity contribution >= 4 is 17.7 Å². The first-order chi connectivity index (χ1) is 15.1. The summed E-state index contributed by atoms with van der Waals surface area (Å²) in [5.41, 5.74) is 4.44. The molecule has 0 unspecified atom stereocenters. The molecule has 0 aromatic carbocycles. The number of nitrogens with zero attached hydrogens (tertiary/aromatic N) is 6. The van der Waals surface area contributed by atoms with E-state index in [1.54, 1.807) is 18.0 Å². The minimum atomic E-state index is 0.290. The van der Waals surface area contributed by atoms with E-state index in [2.05, 4.69) is 50.1 Å². The van der Waals surface area contributed by atoms with Crippen LogP contribution in [0.3, 0.4) is 0 Å². The van der Waals surface area contributed by atoms with Crippen LogP contribution in [-0.4, -0.2) is 55.2 Å². The first-order valence-electron chi connectivity index (χ1n) is 10.7. The zero-order chi connectivity index (χ0) is 21.6. The predicted octanol–water partition coefficient (Wildman–Crippen LogP) is 4.25. The number of anilines is 1. The minimum absolute atomic E-state index is 0.290. The number of aromatic nitrogens is 5. The monoisotopic (exact) mass is 435 g/mol. The molecule has 1 saturated heterocycles. The fourth-order valence-electron chi connectivity index (χ4n) is 3.93. The summed E-state index contributed by atoms with van der Waals surface area (Å²) in [6, 6.07) is 4.34. The lowest BCUT2D eigenvalue weighted by molar-refractivity contribution is 0.203. The normalized spacial score (nSPS) is 15.4. The molecule has 0 bridgehead atoms. The maximum absolute atomic E-state index is 4.95. The van der Waals surface area contributed by atoms with E-state index in [0.717, 1.165) is 60.0 Å². The summed E-state index contributed by atoms with van der Waals surface area (Å²) in [4.78, 5) is 25.1. The van der Waals surface area contributed by atoms with E-state index < -0.39 is 0 Å². The highest BCUT2D eigenvalue weighted by atomic mass is 32.2. The van der Waals surface area contributed by atoms with Crippen LogP contribution in [0.2, 0.25) is 0 Å². The van der Waals surface area contributed by atoms with Crippen LogP contribution < -0.4 is 5.32 Å². The van der Waals surface area contributed by atoms with Crippen molar-refractivity contribution in [2.45, 2.75) is 50.4 Å². The Morgan fingerprint density at radius 1 is 1.10 bits per heavy atom. The summed E-state index contributed by atoms with van der Waals surface area (Å²) in [6.45, 7) is 7.15. The topological polar surface area (TPSA) is 79.7 Å². The lowest BCUT2D eigenvalue weighted by atomic mass is 9.89. The largest absolute Gasteiger partial charge is 0.352 e. The third kappa shape index (κ3) is 5.57. The van der Waals surface area contributed by atoms with Crippen molar-refractivity contribution < 1.29 is 0 Å². The van der Waals surface area contributed by atoms with Gasteiger partial charge in [-0.15, -0.1) is 0 Å². The first kappa shape index (κ1) is 21.6. The van der Waals surface area contributed by atoms with Crippen molar-refractivity contribution in [1.29, 1.82) is 0 Å². The van der Waals surface area contributed by atoms with Gasteiger partial charge in [-0.05, 0) is 52.1 Å². The van der Waals surface area contributed by atoms with Gasteiger partial charge >= 0.3 is 0 Å². The second-order valence-electron chi connectivity index (χ2n) is 8.16. The number of nitrogens with one attached hydrogen (secondary N) is 1. The molecule has 4 rings (SSSR count). The number of piperidine rings is 1. The zero-order valence-corrected chi connectivity index (χ0v) is 19.1. The molecule has 0 atom stereocenters. The van der Waals surface area contributed by atoms with Gasteiger partial charge in [0, 0.05) is 66.2 Å². The second kappa shape index (κ2) is 10.2. The molecule has 3 aromatic rings. The molecule has 1 aliphatic rings. The molecule has 1 fully saturated rings. The maximum Gasteiger partial charge on any atom is 0.223 e. The van der Waals surface area contributed by atoms with Crippen molar-refractivity contribution in [3.8, 4) is 11.1 Å². The van der Waals surface area contributed by atoms with Crippen molar-refractivity contribution in [2.24, 2.45) is 0 Å². The van der Waals surface area contributed by atoms with Crippen LogP contribution in [0.4, 0.5) is 5.95 Å². The third-order valence-corrected chi connectivity index (χ3v) is 6.03. The first-order valence-corrected chi connectivity index (χ1v) is 12.0. The Morgan fingerprint density at radius 3 is 2.52 bits per heavy atom. The number of hydrogen-bond donors (Lipinski definition) is 1. The molecule has 0 amide bonds. The number of hydrogen-bond acceptors (Lipinski definition) is 8. The van der Waals surface area contributed by atoms with Crippen LogP contribution in [0.25, 0.3) is 11.1 Å². The Morgan fingerprint density at radius 2 is 1.87 bits per heavy atom. The summed E-state index contributed by atoms with van der Waals surface area (Å²) in [6.07, 6.45) is 13.7. The maximum atomic E-state index is 4.95. The van der Waals surface area contributed by atoms with Gasteiger partial charge in [-0.3, -0.25) is 9.88 Å². The highest BCUT2D eigenvalue weighted by Gasteiger charge is 2.25. The number of thioether (sulfide) groups is 1. The molecular weight excluding hydrogens is 406 g/mol. The standard InChI is InChI=1S/C23H29N7S/c1-16(2)28-22-25-14-20(19-5-4-8-24-13-19)21(29-22)18-6-9-30(10-7-18)15-17-11-26-23(31-3)27-12-17/h4-5,8,11-14,16,18H,6-7,9-10,15H2,1-3H3,(H,25,28,29). The molecule has 0 spiro atoms. The molecular formula is C23H29N7S. The van der Waals surface area contributed by atoms with E-state index in [9.17, 15) is 0 Å². The van der Waals surface area contributed by atoms with Gasteiger partial charge in [0.15, 0.2) is 5.16 Å². The van der Waals surface area contributed by atoms with E-state index >= 15 is 0 Å². The highest BCUT2D eigenvalue weighted by Crippen LogP contribution is 2.34.